The number of hydrogen-bond donors (Lipinski definition) is 0. The first-order valence-corrected chi connectivity index (χ1v) is 11.7. The molecule has 3 heterocycles. The summed E-state index contributed by atoms with van der Waals surface area (Å²) >= 11 is 1.63. The molecule has 0 atom stereocenters. The van der Waals surface area contributed by atoms with E-state index >= 15 is 0 Å². The molecule has 2 aromatic carbocycles. The van der Waals surface area contributed by atoms with Gasteiger partial charge in [-0.2, -0.15) is 5.10 Å². The lowest BCUT2D eigenvalue weighted by atomic mass is 10.1. The van der Waals surface area contributed by atoms with Gasteiger partial charge in [0.05, 0.1) is 6.54 Å². The minimum atomic E-state index is -0.190. The second-order valence-electron chi connectivity index (χ2n) is 8.10. The van der Waals surface area contributed by atoms with Crippen molar-refractivity contribution in [3.63, 3.8) is 0 Å². The van der Waals surface area contributed by atoms with Crippen LogP contribution in [0.2, 0.25) is 0 Å². The minimum Gasteiger partial charge on any atom is -0.336 e. The molecular weight excluding hydrogens is 437 g/mol. The Hall–Kier alpha value is -3.36. The summed E-state index contributed by atoms with van der Waals surface area (Å²) in [7, 11) is 0. The highest BCUT2D eigenvalue weighted by molar-refractivity contribution is 7.15. The molecule has 1 amide bonds. The molecular formula is C25H24FN5OS. The Kier molecular flexibility index (Phi) is 6.28. The van der Waals surface area contributed by atoms with Crippen molar-refractivity contribution < 1.29 is 9.18 Å². The Bertz CT molecular complexity index is 1210. The van der Waals surface area contributed by atoms with Crippen molar-refractivity contribution in [2.45, 2.75) is 13.1 Å². The van der Waals surface area contributed by atoms with Crippen molar-refractivity contribution in [1.29, 1.82) is 0 Å². The Balaban J connectivity index is 1.14. The Morgan fingerprint density at radius 1 is 0.939 bits per heavy atom. The van der Waals surface area contributed by atoms with E-state index in [1.54, 1.807) is 28.4 Å². The SMILES string of the molecule is O=C(c1ccc(Cn2cncn2)cc1)N1CCN(Cc2ccc(-c3ccccc3F)s2)CC1. The number of carbonyl (C=O) groups excluding carboxylic acids is 1. The lowest BCUT2D eigenvalue weighted by Gasteiger charge is -2.34. The lowest BCUT2D eigenvalue weighted by molar-refractivity contribution is 0.0629. The van der Waals surface area contributed by atoms with Gasteiger partial charge in [-0.1, -0.05) is 30.3 Å². The molecule has 1 aliphatic heterocycles. The van der Waals surface area contributed by atoms with E-state index in [0.29, 0.717) is 30.8 Å². The summed E-state index contributed by atoms with van der Waals surface area (Å²) in [5.41, 5.74) is 2.43. The zero-order valence-electron chi connectivity index (χ0n) is 18.1. The molecule has 33 heavy (non-hydrogen) atoms. The van der Waals surface area contributed by atoms with Gasteiger partial charge >= 0.3 is 0 Å². The number of halogens is 1. The number of thiophene rings is 1. The molecule has 0 bridgehead atoms. The van der Waals surface area contributed by atoms with Crippen LogP contribution in [0.5, 0.6) is 0 Å². The summed E-state index contributed by atoms with van der Waals surface area (Å²) in [5, 5.41) is 4.11. The fourth-order valence-corrected chi connectivity index (χ4v) is 5.11. The molecule has 0 saturated carbocycles. The maximum Gasteiger partial charge on any atom is 0.253 e. The first kappa shape index (κ1) is 21.5. The van der Waals surface area contributed by atoms with Gasteiger partial charge in [0.15, 0.2) is 0 Å². The third-order valence-electron chi connectivity index (χ3n) is 5.85. The van der Waals surface area contributed by atoms with Crippen LogP contribution in [0.4, 0.5) is 4.39 Å². The van der Waals surface area contributed by atoms with E-state index in [4.69, 9.17) is 0 Å². The highest BCUT2D eigenvalue weighted by Gasteiger charge is 2.22. The molecule has 1 aliphatic rings. The van der Waals surface area contributed by atoms with Crippen LogP contribution in [0.15, 0.2) is 73.3 Å². The number of nitrogens with zero attached hydrogens (tertiary/aromatic N) is 5. The summed E-state index contributed by atoms with van der Waals surface area (Å²) in [6.07, 6.45) is 3.19. The molecule has 0 N–H and O–H groups in total. The molecule has 8 heteroatoms. The number of rotatable bonds is 6. The third-order valence-corrected chi connectivity index (χ3v) is 6.96. The van der Waals surface area contributed by atoms with Crippen LogP contribution in [-0.2, 0) is 13.1 Å². The van der Waals surface area contributed by atoms with Gasteiger partial charge in [-0.3, -0.25) is 9.69 Å². The number of benzene rings is 2. The molecule has 4 aromatic rings. The van der Waals surface area contributed by atoms with Gasteiger partial charge in [-0.15, -0.1) is 11.3 Å². The van der Waals surface area contributed by atoms with Crippen LogP contribution in [0.25, 0.3) is 10.4 Å². The van der Waals surface area contributed by atoms with E-state index in [1.165, 1.54) is 17.3 Å². The number of aromatic nitrogens is 3. The predicted octanol–water partition coefficient (Wildman–Crippen LogP) is 4.15. The van der Waals surface area contributed by atoms with Crippen molar-refractivity contribution in [3.05, 3.63) is 95.1 Å². The van der Waals surface area contributed by atoms with Crippen LogP contribution in [0, 0.1) is 5.82 Å². The van der Waals surface area contributed by atoms with Gasteiger partial charge in [-0.25, -0.2) is 14.1 Å². The van der Waals surface area contributed by atoms with Crippen molar-refractivity contribution >= 4 is 17.2 Å². The average Bonchev–Trinajstić information content (AvgIpc) is 3.52. The summed E-state index contributed by atoms with van der Waals surface area (Å²) in [6.45, 7) is 4.49. The van der Waals surface area contributed by atoms with Crippen LogP contribution >= 0.6 is 11.3 Å². The molecule has 0 radical (unpaired) electrons. The number of hydrogen-bond acceptors (Lipinski definition) is 5. The first-order valence-electron chi connectivity index (χ1n) is 10.9. The summed E-state index contributed by atoms with van der Waals surface area (Å²) in [6, 6.07) is 18.7. The maximum absolute atomic E-state index is 14.1. The van der Waals surface area contributed by atoms with E-state index in [-0.39, 0.29) is 11.7 Å². The van der Waals surface area contributed by atoms with Gasteiger partial charge < -0.3 is 4.90 Å². The standard InChI is InChI=1S/C25H24FN5OS/c26-23-4-2-1-3-22(23)24-10-9-21(33-24)16-29-11-13-30(14-12-29)25(32)20-7-5-19(6-8-20)15-31-18-27-17-28-31/h1-10,17-18H,11-16H2. The molecule has 1 fully saturated rings. The molecule has 1 saturated heterocycles. The van der Waals surface area contributed by atoms with Crippen molar-refractivity contribution in [3.8, 4) is 10.4 Å². The summed E-state index contributed by atoms with van der Waals surface area (Å²) in [4.78, 5) is 23.3. The molecule has 0 unspecified atom stereocenters. The number of piperazine rings is 1. The van der Waals surface area contributed by atoms with E-state index in [1.807, 2.05) is 47.4 Å². The molecule has 168 valence electrons. The second-order valence-corrected chi connectivity index (χ2v) is 9.27. The predicted molar refractivity (Wildman–Crippen MR) is 126 cm³/mol. The quantitative estimate of drug-likeness (QED) is 0.433. The van der Waals surface area contributed by atoms with Crippen LogP contribution in [0.3, 0.4) is 0 Å². The third kappa shape index (κ3) is 5.02. The van der Waals surface area contributed by atoms with Gasteiger partial charge in [-0.05, 0) is 35.9 Å². The van der Waals surface area contributed by atoms with Gasteiger partial charge in [0.25, 0.3) is 5.91 Å². The smallest absolute Gasteiger partial charge is 0.253 e. The van der Waals surface area contributed by atoms with Crippen molar-refractivity contribution in [2.24, 2.45) is 0 Å². The fourth-order valence-electron chi connectivity index (χ4n) is 4.03. The second kappa shape index (κ2) is 9.64. The van der Waals surface area contributed by atoms with Gasteiger partial charge in [0, 0.05) is 53.6 Å². The first-order chi connectivity index (χ1) is 16.2. The Morgan fingerprint density at radius 3 is 2.45 bits per heavy atom. The number of carbonyl (C=O) groups is 1. The van der Waals surface area contributed by atoms with E-state index in [9.17, 15) is 9.18 Å². The molecule has 2 aromatic heterocycles. The highest BCUT2D eigenvalue weighted by atomic mass is 32.1. The minimum absolute atomic E-state index is 0.0694. The monoisotopic (exact) mass is 461 g/mol. The zero-order chi connectivity index (χ0) is 22.6. The highest BCUT2D eigenvalue weighted by Crippen LogP contribution is 2.30. The summed E-state index contributed by atoms with van der Waals surface area (Å²) < 4.78 is 15.8. The Morgan fingerprint density at radius 2 is 1.73 bits per heavy atom. The van der Waals surface area contributed by atoms with E-state index < -0.39 is 0 Å². The lowest BCUT2D eigenvalue weighted by Crippen LogP contribution is -2.48. The van der Waals surface area contributed by atoms with E-state index in [2.05, 4.69) is 21.0 Å². The van der Waals surface area contributed by atoms with Crippen molar-refractivity contribution in [2.75, 3.05) is 26.2 Å². The normalized spacial score (nSPS) is 14.5. The van der Waals surface area contributed by atoms with Gasteiger partial charge in [0.2, 0.25) is 0 Å². The maximum atomic E-state index is 14.1. The van der Waals surface area contributed by atoms with Crippen LogP contribution in [0.1, 0.15) is 20.8 Å². The van der Waals surface area contributed by atoms with Crippen LogP contribution in [-0.4, -0.2) is 56.7 Å². The molecule has 6 nitrogen and oxygen atoms in total. The zero-order valence-corrected chi connectivity index (χ0v) is 18.9. The van der Waals surface area contributed by atoms with Crippen molar-refractivity contribution in [1.82, 2.24) is 24.6 Å². The number of amides is 1. The topological polar surface area (TPSA) is 54.3 Å². The molecule has 5 rings (SSSR count). The molecule has 0 aliphatic carbocycles. The van der Waals surface area contributed by atoms with Gasteiger partial charge in [0.1, 0.15) is 18.5 Å². The average molecular weight is 462 g/mol. The molecule has 0 spiro atoms. The van der Waals surface area contributed by atoms with E-state index in [0.717, 1.165) is 30.1 Å². The largest absolute Gasteiger partial charge is 0.336 e. The fraction of sp³-hybridized carbons (Fsp3) is 0.240. The Labute approximate surface area is 195 Å². The summed E-state index contributed by atoms with van der Waals surface area (Å²) in [5.74, 6) is -0.121. The van der Waals surface area contributed by atoms with Crippen LogP contribution < -0.4 is 0 Å².